The second kappa shape index (κ2) is 6.22. The van der Waals surface area contributed by atoms with E-state index in [2.05, 4.69) is 69.0 Å². The van der Waals surface area contributed by atoms with Crippen molar-refractivity contribution in [2.45, 2.75) is 13.0 Å². The lowest BCUT2D eigenvalue weighted by atomic mass is 10.1. The highest BCUT2D eigenvalue weighted by Crippen LogP contribution is 2.36. The lowest BCUT2D eigenvalue weighted by Crippen LogP contribution is -2.16. The van der Waals surface area contributed by atoms with Gasteiger partial charge in [-0.1, -0.05) is 17.7 Å². The summed E-state index contributed by atoms with van der Waals surface area (Å²) in [4.78, 5) is 2.58. The van der Waals surface area contributed by atoms with Gasteiger partial charge in [0.1, 0.15) is 0 Å². The van der Waals surface area contributed by atoms with Gasteiger partial charge in [0, 0.05) is 17.8 Å². The van der Waals surface area contributed by atoms with Crippen LogP contribution in [0.1, 0.15) is 21.4 Å². The number of thiophene rings is 1. The normalized spacial score (nSPS) is 12.7. The van der Waals surface area contributed by atoms with Crippen molar-refractivity contribution in [1.82, 2.24) is 5.32 Å². The Balaban J connectivity index is 2.45. The SMILES string of the molecule is CNC(c1ccc(I)c(Cl)c1)c1sc(C)cc1Br. The van der Waals surface area contributed by atoms with Crippen LogP contribution in [0.2, 0.25) is 5.02 Å². The zero-order valence-electron chi connectivity index (χ0n) is 9.93. The third-order valence-electron chi connectivity index (χ3n) is 2.66. The average Bonchev–Trinajstić information content (AvgIpc) is 2.64. The lowest BCUT2D eigenvalue weighted by molar-refractivity contribution is 0.701. The topological polar surface area (TPSA) is 12.0 Å². The second-order valence-electron chi connectivity index (χ2n) is 3.96. The number of hydrogen-bond acceptors (Lipinski definition) is 2. The Morgan fingerprint density at radius 3 is 2.61 bits per heavy atom. The van der Waals surface area contributed by atoms with Gasteiger partial charge in [0.2, 0.25) is 0 Å². The minimum Gasteiger partial charge on any atom is -0.309 e. The Kier molecular flexibility index (Phi) is 5.11. The van der Waals surface area contributed by atoms with Crippen molar-refractivity contribution >= 4 is 61.5 Å². The summed E-state index contributed by atoms with van der Waals surface area (Å²) in [5.74, 6) is 0. The molecule has 1 nitrogen and oxygen atoms in total. The highest BCUT2D eigenvalue weighted by atomic mass is 127. The van der Waals surface area contributed by atoms with E-state index in [1.807, 2.05) is 13.1 Å². The van der Waals surface area contributed by atoms with E-state index in [9.17, 15) is 0 Å². The number of nitrogens with one attached hydrogen (secondary N) is 1. The lowest BCUT2D eigenvalue weighted by Gasteiger charge is -2.16. The Morgan fingerprint density at radius 2 is 2.11 bits per heavy atom. The van der Waals surface area contributed by atoms with Crippen molar-refractivity contribution < 1.29 is 0 Å². The Morgan fingerprint density at radius 1 is 1.39 bits per heavy atom. The molecule has 0 saturated heterocycles. The number of halogens is 3. The standard InChI is InChI=1S/C13H12BrClINS/c1-7-5-9(14)13(18-7)12(17-2)8-3-4-11(16)10(15)6-8/h3-6,12,17H,1-2H3. The zero-order chi connectivity index (χ0) is 13.3. The van der Waals surface area contributed by atoms with E-state index in [0.717, 1.165) is 13.1 Å². The molecule has 0 bridgehead atoms. The van der Waals surface area contributed by atoms with E-state index < -0.39 is 0 Å². The van der Waals surface area contributed by atoms with E-state index in [-0.39, 0.29) is 6.04 Å². The second-order valence-corrected chi connectivity index (χ2v) is 7.68. The van der Waals surface area contributed by atoms with Crippen LogP contribution in [0, 0.1) is 10.5 Å². The molecule has 1 heterocycles. The molecule has 0 aliphatic carbocycles. The zero-order valence-corrected chi connectivity index (χ0v) is 15.2. The molecule has 2 rings (SSSR count). The molecule has 0 aliphatic heterocycles. The first-order valence-electron chi connectivity index (χ1n) is 5.41. The molecule has 0 radical (unpaired) electrons. The van der Waals surface area contributed by atoms with Gasteiger partial charge in [0.15, 0.2) is 0 Å². The first-order chi connectivity index (χ1) is 8.52. The fourth-order valence-electron chi connectivity index (χ4n) is 1.84. The van der Waals surface area contributed by atoms with E-state index in [0.29, 0.717) is 0 Å². The van der Waals surface area contributed by atoms with Gasteiger partial charge < -0.3 is 5.32 Å². The van der Waals surface area contributed by atoms with Crippen molar-refractivity contribution in [3.05, 3.63) is 52.6 Å². The first kappa shape index (κ1) is 14.8. The van der Waals surface area contributed by atoms with Gasteiger partial charge in [0.25, 0.3) is 0 Å². The van der Waals surface area contributed by atoms with Crippen molar-refractivity contribution in [3.8, 4) is 0 Å². The van der Waals surface area contributed by atoms with Gasteiger partial charge >= 0.3 is 0 Å². The van der Waals surface area contributed by atoms with Crippen molar-refractivity contribution in [1.29, 1.82) is 0 Å². The summed E-state index contributed by atoms with van der Waals surface area (Å²) in [5, 5.41) is 4.16. The van der Waals surface area contributed by atoms with Crippen molar-refractivity contribution in [2.24, 2.45) is 0 Å². The minimum atomic E-state index is 0.174. The molecule has 1 unspecified atom stereocenters. The summed E-state index contributed by atoms with van der Waals surface area (Å²) in [6.07, 6.45) is 0. The number of rotatable bonds is 3. The molecule has 96 valence electrons. The molecule has 5 heteroatoms. The maximum atomic E-state index is 6.20. The third-order valence-corrected chi connectivity index (χ3v) is 6.27. The van der Waals surface area contributed by atoms with Crippen LogP contribution in [-0.4, -0.2) is 7.05 Å². The molecule has 1 atom stereocenters. The number of benzene rings is 1. The fraction of sp³-hybridized carbons (Fsp3) is 0.231. The molecule has 1 aromatic carbocycles. The average molecular weight is 457 g/mol. The highest BCUT2D eigenvalue weighted by Gasteiger charge is 2.18. The monoisotopic (exact) mass is 455 g/mol. The van der Waals surface area contributed by atoms with Gasteiger partial charge in [-0.2, -0.15) is 0 Å². The predicted octanol–water partition coefficient (Wildman–Crippen LogP) is 5.39. The molecule has 0 saturated carbocycles. The molecule has 0 amide bonds. The Bertz CT molecular complexity index is 570. The third kappa shape index (κ3) is 3.10. The summed E-state index contributed by atoms with van der Waals surface area (Å²) < 4.78 is 2.23. The van der Waals surface area contributed by atoms with Crippen molar-refractivity contribution in [3.63, 3.8) is 0 Å². The van der Waals surface area contributed by atoms with Gasteiger partial charge in [0.05, 0.1) is 11.1 Å². The van der Waals surface area contributed by atoms with Gasteiger partial charge in [-0.15, -0.1) is 11.3 Å². The summed E-state index contributed by atoms with van der Waals surface area (Å²) >= 11 is 13.9. The molecule has 1 N–H and O–H groups in total. The van der Waals surface area contributed by atoms with Crippen molar-refractivity contribution in [2.75, 3.05) is 7.05 Å². The van der Waals surface area contributed by atoms with E-state index in [4.69, 9.17) is 11.6 Å². The summed E-state index contributed by atoms with van der Waals surface area (Å²) in [5.41, 5.74) is 1.19. The van der Waals surface area contributed by atoms with E-state index in [1.165, 1.54) is 15.3 Å². The minimum absolute atomic E-state index is 0.174. The largest absolute Gasteiger partial charge is 0.309 e. The van der Waals surface area contributed by atoms with Crippen LogP contribution in [0.15, 0.2) is 28.7 Å². The van der Waals surface area contributed by atoms with Crippen LogP contribution in [0.25, 0.3) is 0 Å². The molecular weight excluding hydrogens is 444 g/mol. The smallest absolute Gasteiger partial charge is 0.0680 e. The molecule has 0 spiro atoms. The van der Waals surface area contributed by atoms with E-state index >= 15 is 0 Å². The summed E-state index contributed by atoms with van der Waals surface area (Å²) in [7, 11) is 1.97. The van der Waals surface area contributed by atoms with Gasteiger partial charge in [-0.05, 0) is 76.3 Å². The van der Waals surface area contributed by atoms with Gasteiger partial charge in [-0.3, -0.25) is 0 Å². The first-order valence-corrected chi connectivity index (χ1v) is 8.47. The molecule has 0 fully saturated rings. The van der Waals surface area contributed by atoms with Crippen LogP contribution >= 0.6 is 61.5 Å². The van der Waals surface area contributed by atoms with Crippen LogP contribution in [0.3, 0.4) is 0 Å². The molecular formula is C13H12BrClINS. The van der Waals surface area contributed by atoms with Crippen LogP contribution < -0.4 is 5.32 Å². The highest BCUT2D eigenvalue weighted by molar-refractivity contribution is 14.1. The maximum absolute atomic E-state index is 6.20. The number of aryl methyl sites for hydroxylation is 1. The van der Waals surface area contributed by atoms with E-state index in [1.54, 1.807) is 11.3 Å². The summed E-state index contributed by atoms with van der Waals surface area (Å²) in [6.45, 7) is 2.12. The Hall–Kier alpha value is 0.380. The molecule has 1 aromatic heterocycles. The quantitative estimate of drug-likeness (QED) is 0.611. The molecule has 18 heavy (non-hydrogen) atoms. The van der Waals surface area contributed by atoms with Crippen LogP contribution in [-0.2, 0) is 0 Å². The van der Waals surface area contributed by atoms with Gasteiger partial charge in [-0.25, -0.2) is 0 Å². The molecule has 0 aliphatic rings. The van der Waals surface area contributed by atoms with Crippen LogP contribution in [0.4, 0.5) is 0 Å². The fourth-order valence-corrected chi connectivity index (χ4v) is 4.38. The van der Waals surface area contributed by atoms with Crippen LogP contribution in [0.5, 0.6) is 0 Å². The predicted molar refractivity (Wildman–Crippen MR) is 91.8 cm³/mol. The number of hydrogen-bond donors (Lipinski definition) is 1. The summed E-state index contributed by atoms with van der Waals surface area (Å²) in [6, 6.07) is 8.53. The Labute approximate surface area is 138 Å². The maximum Gasteiger partial charge on any atom is 0.0680 e. The molecule has 2 aromatic rings.